The molecule has 112 valence electrons. The summed E-state index contributed by atoms with van der Waals surface area (Å²) in [7, 11) is 0. The Kier molecular flexibility index (Phi) is 6.40. The zero-order valence-corrected chi connectivity index (χ0v) is 13.8. The van der Waals surface area contributed by atoms with Crippen LogP contribution in [0.3, 0.4) is 0 Å². The third-order valence-electron chi connectivity index (χ3n) is 4.43. The van der Waals surface area contributed by atoms with E-state index in [1.807, 2.05) is 11.8 Å². The van der Waals surface area contributed by atoms with Crippen molar-refractivity contribution in [1.29, 1.82) is 0 Å². The van der Waals surface area contributed by atoms with Crippen molar-refractivity contribution < 1.29 is 0 Å². The summed E-state index contributed by atoms with van der Waals surface area (Å²) in [6.07, 6.45) is 4.71. The molecule has 1 fully saturated rings. The molecule has 2 nitrogen and oxygen atoms in total. The second-order valence-corrected chi connectivity index (χ2v) is 6.56. The summed E-state index contributed by atoms with van der Waals surface area (Å²) < 4.78 is 0. The lowest BCUT2D eigenvalue weighted by Crippen LogP contribution is -2.56. The molecular formula is C17H28N2S. The monoisotopic (exact) mass is 292 g/mol. The molecule has 0 saturated carbocycles. The molecule has 0 aromatic heterocycles. The summed E-state index contributed by atoms with van der Waals surface area (Å²) in [5.74, 6) is 1.24. The lowest BCUT2D eigenvalue weighted by molar-refractivity contribution is 0.0864. The smallest absolute Gasteiger partial charge is 0.0450 e. The summed E-state index contributed by atoms with van der Waals surface area (Å²) in [5.41, 5.74) is 1.42. The minimum absolute atomic E-state index is 0.481. The number of nitrogens with one attached hydrogen (secondary N) is 1. The lowest BCUT2D eigenvalue weighted by Gasteiger charge is -2.44. The molecule has 1 saturated heterocycles. The van der Waals surface area contributed by atoms with Crippen LogP contribution in [0.5, 0.6) is 0 Å². The van der Waals surface area contributed by atoms with Crippen molar-refractivity contribution in [1.82, 2.24) is 10.2 Å². The van der Waals surface area contributed by atoms with Gasteiger partial charge in [-0.3, -0.25) is 4.90 Å². The van der Waals surface area contributed by atoms with E-state index in [1.54, 1.807) is 0 Å². The third kappa shape index (κ3) is 3.78. The van der Waals surface area contributed by atoms with Gasteiger partial charge in [-0.1, -0.05) is 44.2 Å². The Morgan fingerprint density at radius 2 is 2.05 bits per heavy atom. The molecule has 0 aliphatic carbocycles. The molecule has 1 N–H and O–H groups in total. The van der Waals surface area contributed by atoms with Crippen LogP contribution < -0.4 is 5.32 Å². The Hall–Kier alpha value is -0.510. The number of rotatable bonds is 6. The first-order valence-corrected chi connectivity index (χ1v) is 9.22. The van der Waals surface area contributed by atoms with E-state index in [0.717, 1.165) is 13.1 Å². The standard InChI is InChI=1S/C17H28N2S/c1-4-15-11-18-17(14-9-7-6-8-10-14)12-19(15)16(5-2)13-20-3/h6-10,15-18H,4-5,11-13H2,1-3H3. The van der Waals surface area contributed by atoms with Gasteiger partial charge in [0.15, 0.2) is 0 Å². The largest absolute Gasteiger partial charge is 0.307 e. The Morgan fingerprint density at radius 3 is 2.65 bits per heavy atom. The predicted molar refractivity (Wildman–Crippen MR) is 90.4 cm³/mol. The second kappa shape index (κ2) is 8.06. The van der Waals surface area contributed by atoms with Crippen molar-refractivity contribution in [3.63, 3.8) is 0 Å². The van der Waals surface area contributed by atoms with E-state index in [-0.39, 0.29) is 0 Å². The molecule has 3 atom stereocenters. The van der Waals surface area contributed by atoms with Gasteiger partial charge < -0.3 is 5.32 Å². The van der Waals surface area contributed by atoms with Gasteiger partial charge >= 0.3 is 0 Å². The van der Waals surface area contributed by atoms with Crippen LogP contribution in [0.15, 0.2) is 30.3 Å². The first kappa shape index (κ1) is 15.9. The Labute approximate surface area is 128 Å². The summed E-state index contributed by atoms with van der Waals surface area (Å²) in [6.45, 7) is 6.89. The van der Waals surface area contributed by atoms with Crippen LogP contribution in [-0.4, -0.2) is 42.1 Å². The first-order valence-electron chi connectivity index (χ1n) is 7.83. The zero-order chi connectivity index (χ0) is 14.4. The lowest BCUT2D eigenvalue weighted by atomic mass is 9.98. The van der Waals surface area contributed by atoms with Crippen molar-refractivity contribution in [3.05, 3.63) is 35.9 Å². The number of piperazine rings is 1. The maximum atomic E-state index is 3.74. The first-order chi connectivity index (χ1) is 9.80. The topological polar surface area (TPSA) is 15.3 Å². The molecule has 0 amide bonds. The van der Waals surface area contributed by atoms with E-state index in [4.69, 9.17) is 0 Å². The molecule has 20 heavy (non-hydrogen) atoms. The van der Waals surface area contributed by atoms with E-state index >= 15 is 0 Å². The molecule has 3 heteroatoms. The maximum Gasteiger partial charge on any atom is 0.0450 e. The number of hydrogen-bond acceptors (Lipinski definition) is 3. The van der Waals surface area contributed by atoms with E-state index in [2.05, 4.69) is 60.7 Å². The van der Waals surface area contributed by atoms with Crippen molar-refractivity contribution in [2.24, 2.45) is 0 Å². The van der Waals surface area contributed by atoms with E-state index in [9.17, 15) is 0 Å². The summed E-state index contributed by atoms with van der Waals surface area (Å²) in [4.78, 5) is 2.75. The van der Waals surface area contributed by atoms with Gasteiger partial charge in [-0.25, -0.2) is 0 Å². The second-order valence-electron chi connectivity index (χ2n) is 5.65. The van der Waals surface area contributed by atoms with Crippen LogP contribution in [-0.2, 0) is 0 Å². The maximum absolute atomic E-state index is 3.74. The van der Waals surface area contributed by atoms with Gasteiger partial charge in [0.1, 0.15) is 0 Å². The number of hydrogen-bond donors (Lipinski definition) is 1. The minimum Gasteiger partial charge on any atom is -0.307 e. The van der Waals surface area contributed by atoms with Gasteiger partial charge in [0.25, 0.3) is 0 Å². The van der Waals surface area contributed by atoms with Crippen molar-refractivity contribution in [3.8, 4) is 0 Å². The van der Waals surface area contributed by atoms with Gasteiger partial charge in [-0.05, 0) is 24.7 Å². The predicted octanol–water partition coefficient (Wildman–Crippen LogP) is 3.55. The van der Waals surface area contributed by atoms with E-state index < -0.39 is 0 Å². The van der Waals surface area contributed by atoms with Crippen LogP contribution >= 0.6 is 11.8 Å². The van der Waals surface area contributed by atoms with Gasteiger partial charge in [0.2, 0.25) is 0 Å². The molecule has 1 aromatic rings. The Balaban J connectivity index is 2.10. The van der Waals surface area contributed by atoms with Crippen LogP contribution in [0.4, 0.5) is 0 Å². The van der Waals surface area contributed by atoms with Gasteiger partial charge in [0.05, 0.1) is 0 Å². The number of nitrogens with zero attached hydrogens (tertiary/aromatic N) is 1. The highest BCUT2D eigenvalue weighted by molar-refractivity contribution is 7.98. The van der Waals surface area contributed by atoms with Crippen LogP contribution in [0.25, 0.3) is 0 Å². The quantitative estimate of drug-likeness (QED) is 0.863. The molecular weight excluding hydrogens is 264 g/mol. The van der Waals surface area contributed by atoms with Gasteiger partial charge in [-0.15, -0.1) is 0 Å². The summed E-state index contributed by atoms with van der Waals surface area (Å²) >= 11 is 1.98. The van der Waals surface area contributed by atoms with Crippen molar-refractivity contribution >= 4 is 11.8 Å². The van der Waals surface area contributed by atoms with Crippen molar-refractivity contribution in [2.75, 3.05) is 25.1 Å². The highest BCUT2D eigenvalue weighted by Gasteiger charge is 2.31. The fourth-order valence-corrected chi connectivity index (χ4v) is 4.01. The molecule has 0 radical (unpaired) electrons. The zero-order valence-electron chi connectivity index (χ0n) is 13.0. The normalized spacial score (nSPS) is 25.6. The molecule has 1 aromatic carbocycles. The molecule has 0 bridgehead atoms. The Bertz CT molecular complexity index is 382. The molecule has 0 spiro atoms. The average Bonchev–Trinajstić information content (AvgIpc) is 2.53. The molecule has 1 heterocycles. The number of thioether (sulfide) groups is 1. The highest BCUT2D eigenvalue weighted by Crippen LogP contribution is 2.25. The highest BCUT2D eigenvalue weighted by atomic mass is 32.2. The SMILES string of the molecule is CCC1CNC(c2ccccc2)CN1C(CC)CSC. The van der Waals surface area contributed by atoms with Crippen LogP contribution in [0.2, 0.25) is 0 Å². The van der Waals surface area contributed by atoms with Gasteiger partial charge in [0, 0.05) is 37.0 Å². The van der Waals surface area contributed by atoms with Crippen LogP contribution in [0, 0.1) is 0 Å². The van der Waals surface area contributed by atoms with E-state index in [1.165, 1.54) is 24.2 Å². The number of benzene rings is 1. The average molecular weight is 292 g/mol. The van der Waals surface area contributed by atoms with Crippen LogP contribution in [0.1, 0.15) is 38.3 Å². The minimum atomic E-state index is 0.481. The van der Waals surface area contributed by atoms with E-state index in [0.29, 0.717) is 18.1 Å². The molecule has 1 aliphatic rings. The Morgan fingerprint density at radius 1 is 1.30 bits per heavy atom. The molecule has 3 unspecified atom stereocenters. The third-order valence-corrected chi connectivity index (χ3v) is 5.15. The fraction of sp³-hybridized carbons (Fsp3) is 0.647. The molecule has 1 aliphatic heterocycles. The summed E-state index contributed by atoms with van der Waals surface area (Å²) in [6, 6.07) is 12.8. The van der Waals surface area contributed by atoms with Gasteiger partial charge in [-0.2, -0.15) is 11.8 Å². The summed E-state index contributed by atoms with van der Waals surface area (Å²) in [5, 5.41) is 3.74. The fourth-order valence-electron chi connectivity index (χ4n) is 3.20. The van der Waals surface area contributed by atoms with Crippen molar-refractivity contribution in [2.45, 2.75) is 44.8 Å². The molecule has 2 rings (SSSR count).